The van der Waals surface area contributed by atoms with Crippen molar-refractivity contribution in [2.75, 3.05) is 6.54 Å². The zero-order valence-corrected chi connectivity index (χ0v) is 31.9. The van der Waals surface area contributed by atoms with Crippen LogP contribution in [0.15, 0.2) is 42.2 Å². The zero-order valence-electron chi connectivity index (χ0n) is 30.2. The molecule has 8 rings (SSSR count). The molecule has 0 aromatic carbocycles. The number of carbonyl (C=O) groups excluding carboxylic acids is 4. The highest BCUT2D eigenvalue weighted by Gasteiger charge is 2.62. The number of nitrogens with zero attached hydrogens (tertiary/aromatic N) is 5. The van der Waals surface area contributed by atoms with Gasteiger partial charge in [-0.3, -0.25) is 19.1 Å². The zero-order chi connectivity index (χ0) is 38.2. The summed E-state index contributed by atoms with van der Waals surface area (Å²) in [6.07, 6.45) is 12.9. The Morgan fingerprint density at radius 3 is 2.62 bits per heavy atom. The van der Waals surface area contributed by atoms with Gasteiger partial charge in [0.15, 0.2) is 5.65 Å². The van der Waals surface area contributed by atoms with Gasteiger partial charge in [-0.05, 0) is 75.7 Å². The average molecular weight is 793 g/mol. The molecule has 0 spiro atoms. The summed E-state index contributed by atoms with van der Waals surface area (Å²) in [6.45, 7) is -0.0429. The maximum Gasteiger partial charge on any atom is 0.408 e. The van der Waals surface area contributed by atoms with Crippen molar-refractivity contribution < 1.29 is 37.1 Å². The third-order valence-electron chi connectivity index (χ3n) is 11.1. The molecule has 3 aromatic heterocycles. The van der Waals surface area contributed by atoms with E-state index in [0.717, 1.165) is 43.4 Å². The maximum atomic E-state index is 14.6. The molecule has 3 saturated carbocycles. The molecule has 3 N–H and O–H groups in total. The van der Waals surface area contributed by atoms with Crippen molar-refractivity contribution in [1.29, 1.82) is 0 Å². The first-order valence-corrected chi connectivity index (χ1v) is 21.5. The van der Waals surface area contributed by atoms with Gasteiger partial charge in [0.1, 0.15) is 47.4 Å². The number of nitrogens with one attached hydrogen (secondary N) is 3. The summed E-state index contributed by atoms with van der Waals surface area (Å²) in [7, 11) is -3.90. The minimum Gasteiger partial charge on any atom is -0.471 e. The molecule has 292 valence electrons. The molecule has 16 nitrogen and oxygen atoms in total. The summed E-state index contributed by atoms with van der Waals surface area (Å²) in [6, 6.07) is 1.63. The molecular weight excluding hydrogens is 749 g/mol. The Balaban J connectivity index is 1.10. The number of sulfonamides is 1. The molecule has 4 fully saturated rings. The summed E-state index contributed by atoms with van der Waals surface area (Å²) in [5, 5.41) is 6.96. The fourth-order valence-corrected chi connectivity index (χ4v) is 9.86. The van der Waals surface area contributed by atoms with Crippen molar-refractivity contribution in [2.24, 2.45) is 5.92 Å². The van der Waals surface area contributed by atoms with E-state index < -0.39 is 68.7 Å². The highest BCUT2D eigenvalue weighted by Crippen LogP contribution is 2.46. The highest BCUT2D eigenvalue weighted by atomic mass is 32.2. The number of thiophene rings is 1. The number of alkyl carbamates (subject to hydrolysis) is 1. The summed E-state index contributed by atoms with van der Waals surface area (Å²) in [4.78, 5) is 75.8. The van der Waals surface area contributed by atoms with E-state index in [1.807, 2.05) is 29.7 Å². The van der Waals surface area contributed by atoms with Gasteiger partial charge in [0, 0.05) is 12.3 Å². The van der Waals surface area contributed by atoms with Gasteiger partial charge >= 0.3 is 6.09 Å². The minimum absolute atomic E-state index is 0.0166. The van der Waals surface area contributed by atoms with Crippen LogP contribution in [-0.2, 0) is 29.1 Å². The van der Waals surface area contributed by atoms with Crippen LogP contribution in [0.5, 0.6) is 5.88 Å². The SMILES string of the molecule is O=C(N[C@H]1CCCCC/C=C\C2C[C@@]2(C(=O)NS(=O)(=O)C2CC2)NC(=O)[C@@H]2C[C@@H](Oc3nc4ncncc4nc3-c3cccs3)CN2C1=O)OC1CCCC1. The van der Waals surface area contributed by atoms with E-state index in [2.05, 4.69) is 30.3 Å². The number of rotatable bonds is 8. The van der Waals surface area contributed by atoms with Gasteiger partial charge in [0.25, 0.3) is 5.91 Å². The van der Waals surface area contributed by atoms with Gasteiger partial charge in [-0.15, -0.1) is 11.3 Å². The van der Waals surface area contributed by atoms with E-state index in [4.69, 9.17) is 14.5 Å². The summed E-state index contributed by atoms with van der Waals surface area (Å²) < 4.78 is 40.1. The molecule has 4 amide bonds. The van der Waals surface area contributed by atoms with Crippen LogP contribution >= 0.6 is 11.3 Å². The molecule has 5 aliphatic rings. The quantitative estimate of drug-likeness (QED) is 0.280. The van der Waals surface area contributed by atoms with E-state index in [0.29, 0.717) is 49.0 Å². The molecule has 1 unspecified atom stereocenters. The van der Waals surface area contributed by atoms with Crippen LogP contribution in [0.4, 0.5) is 4.79 Å². The smallest absolute Gasteiger partial charge is 0.408 e. The first-order valence-electron chi connectivity index (χ1n) is 19.1. The second-order valence-electron chi connectivity index (χ2n) is 15.1. The van der Waals surface area contributed by atoms with Gasteiger partial charge in [-0.25, -0.2) is 28.2 Å². The number of ether oxygens (including phenoxy) is 2. The highest BCUT2D eigenvalue weighted by molar-refractivity contribution is 7.91. The van der Waals surface area contributed by atoms with Gasteiger partial charge in [-0.2, -0.15) is 4.98 Å². The lowest BCUT2D eigenvalue weighted by molar-refractivity contribution is -0.141. The van der Waals surface area contributed by atoms with Crippen molar-refractivity contribution in [3.8, 4) is 16.5 Å². The third-order valence-corrected chi connectivity index (χ3v) is 13.8. The molecule has 55 heavy (non-hydrogen) atoms. The Hall–Kier alpha value is -4.71. The fourth-order valence-electron chi connectivity index (χ4n) is 7.79. The van der Waals surface area contributed by atoms with E-state index in [1.54, 1.807) is 6.20 Å². The van der Waals surface area contributed by atoms with Gasteiger partial charge in [-0.1, -0.05) is 31.1 Å². The summed E-state index contributed by atoms with van der Waals surface area (Å²) in [5.74, 6) is -2.18. The Bertz CT molecular complexity index is 2090. The predicted molar refractivity (Wildman–Crippen MR) is 200 cm³/mol. The molecule has 0 bridgehead atoms. The van der Waals surface area contributed by atoms with Crippen LogP contribution in [0.1, 0.15) is 83.5 Å². The number of hydrogen-bond acceptors (Lipinski definition) is 13. The van der Waals surface area contributed by atoms with Gasteiger partial charge in [0.05, 0.1) is 22.9 Å². The lowest BCUT2D eigenvalue weighted by Crippen LogP contribution is -2.58. The van der Waals surface area contributed by atoms with Gasteiger partial charge < -0.3 is 25.0 Å². The first-order chi connectivity index (χ1) is 26.6. The Morgan fingerprint density at radius 2 is 1.84 bits per heavy atom. The maximum absolute atomic E-state index is 14.6. The van der Waals surface area contributed by atoms with Crippen LogP contribution in [-0.4, -0.2) is 98.7 Å². The van der Waals surface area contributed by atoms with Crippen molar-refractivity contribution in [1.82, 2.24) is 40.2 Å². The number of aromatic nitrogens is 4. The standard InChI is InChI=1S/C37H44N8O8S2/c46-32-28-17-24(52-33-30(29-13-8-16-54-29)40-27-19-38-21-39-31(27)42-33)20-45(28)34(47)26(41-36(49)53-23-10-6-7-11-23)12-5-3-1-2-4-9-22-18-37(22,43-32)35(48)44-55(50,51)25-14-15-25/h4,8-9,13,16,19,21-26,28H,1-3,5-7,10-12,14-15,17-18,20H2,(H,41,49)(H,43,46)(H,44,48)/b9-4-/t22?,24-,26+,28+,37-/m1/s1. The molecule has 3 aromatic rings. The number of carbonyl (C=O) groups is 4. The second-order valence-corrected chi connectivity index (χ2v) is 18.0. The van der Waals surface area contributed by atoms with Crippen molar-refractivity contribution in [2.45, 2.75) is 119 Å². The van der Waals surface area contributed by atoms with Crippen LogP contribution < -0.4 is 20.1 Å². The Labute approximate surface area is 322 Å². The molecule has 3 aliphatic carbocycles. The lowest BCUT2D eigenvalue weighted by Gasteiger charge is -2.30. The summed E-state index contributed by atoms with van der Waals surface area (Å²) >= 11 is 1.44. The predicted octanol–water partition coefficient (Wildman–Crippen LogP) is 3.54. The van der Waals surface area contributed by atoms with Crippen LogP contribution in [0, 0.1) is 5.92 Å². The van der Waals surface area contributed by atoms with E-state index in [-0.39, 0.29) is 31.4 Å². The monoisotopic (exact) mass is 792 g/mol. The van der Waals surface area contributed by atoms with Crippen molar-refractivity contribution in [3.05, 3.63) is 42.2 Å². The number of hydrogen-bond donors (Lipinski definition) is 3. The Morgan fingerprint density at radius 1 is 1.02 bits per heavy atom. The van der Waals surface area contributed by atoms with E-state index >= 15 is 0 Å². The Kier molecular flexibility index (Phi) is 10.4. The van der Waals surface area contributed by atoms with Crippen molar-refractivity contribution in [3.63, 3.8) is 0 Å². The molecule has 1 saturated heterocycles. The largest absolute Gasteiger partial charge is 0.471 e. The lowest BCUT2D eigenvalue weighted by atomic mass is 10.0. The van der Waals surface area contributed by atoms with Crippen molar-refractivity contribution >= 4 is 56.3 Å². The van der Waals surface area contributed by atoms with Crippen LogP contribution in [0.3, 0.4) is 0 Å². The number of amides is 4. The molecule has 2 aliphatic heterocycles. The average Bonchev–Trinajstić information content (AvgIpc) is 3.90. The second kappa shape index (κ2) is 15.4. The molecular formula is C37H44N8O8S2. The molecule has 18 heteroatoms. The topological polar surface area (TPSA) is 212 Å². The van der Waals surface area contributed by atoms with Crippen LogP contribution in [0.25, 0.3) is 21.7 Å². The molecule has 5 atom stereocenters. The third kappa shape index (κ3) is 8.15. The normalized spacial score (nSPS) is 28.3. The van der Waals surface area contributed by atoms with E-state index in [1.165, 1.54) is 22.6 Å². The number of allylic oxidation sites excluding steroid dienone is 1. The summed E-state index contributed by atoms with van der Waals surface area (Å²) in [5.41, 5.74) is -0.293. The van der Waals surface area contributed by atoms with Gasteiger partial charge in [0.2, 0.25) is 27.7 Å². The number of fused-ring (bicyclic) bond motifs is 3. The fraction of sp³-hybridized carbons (Fsp3) is 0.568. The van der Waals surface area contributed by atoms with Crippen LogP contribution in [0.2, 0.25) is 0 Å². The molecule has 5 heterocycles. The first kappa shape index (κ1) is 37.2. The molecule has 0 radical (unpaired) electrons. The van der Waals surface area contributed by atoms with E-state index in [9.17, 15) is 27.6 Å². The minimum atomic E-state index is -3.90.